The highest BCUT2D eigenvalue weighted by atomic mass is 35.5. The molecule has 1 aromatic rings. The third kappa shape index (κ3) is 1.15. The predicted molar refractivity (Wildman–Crippen MR) is 36.5 cm³/mol. The number of rotatable bonds is 0. The van der Waals surface area contributed by atoms with Crippen molar-refractivity contribution >= 4 is 23.2 Å². The van der Waals surface area contributed by atoms with Gasteiger partial charge in [-0.3, -0.25) is 0 Å². The van der Waals surface area contributed by atoms with Gasteiger partial charge < -0.3 is 0 Å². The molecule has 0 aromatic heterocycles. The quantitative estimate of drug-likeness (QED) is 0.530. The van der Waals surface area contributed by atoms with E-state index in [2.05, 4.69) is 0 Å². The Bertz CT molecular complexity index is 222. The molecule has 0 bridgehead atoms. The van der Waals surface area contributed by atoms with Gasteiger partial charge in [-0.15, -0.1) is 0 Å². The Morgan fingerprint density at radius 3 is 2.38 bits per heavy atom. The monoisotopic (exact) mass is 147 g/mol. The zero-order valence-corrected chi connectivity index (χ0v) is 5.50. The molecular formula is C6H4Cl2. The predicted octanol–water partition coefficient (Wildman–Crippen LogP) is 2.99. The summed E-state index contributed by atoms with van der Waals surface area (Å²) in [6.07, 6.45) is 0. The standard InChI is InChI=1S/C6H4Cl2/c7-5-3-1-2-4-6(5)8/h1-4H/i1D. The topological polar surface area (TPSA) is 0 Å². The number of hydrogen-bond donors (Lipinski definition) is 0. The summed E-state index contributed by atoms with van der Waals surface area (Å²) in [5.74, 6) is 0. The molecule has 8 heavy (non-hydrogen) atoms. The zero-order chi connectivity index (χ0) is 6.85. The van der Waals surface area contributed by atoms with Crippen LogP contribution in [0.15, 0.2) is 24.2 Å². The van der Waals surface area contributed by atoms with Gasteiger partial charge in [-0.2, -0.15) is 0 Å². The fourth-order valence-electron chi connectivity index (χ4n) is 0.391. The Labute approximate surface area is 59.4 Å². The molecule has 0 aliphatic rings. The largest absolute Gasteiger partial charge is 0.0827 e. The van der Waals surface area contributed by atoms with Crippen LogP contribution in [0.3, 0.4) is 0 Å². The van der Waals surface area contributed by atoms with E-state index in [1.54, 1.807) is 12.1 Å². The van der Waals surface area contributed by atoms with Crippen molar-refractivity contribution in [1.82, 2.24) is 0 Å². The molecule has 0 amide bonds. The van der Waals surface area contributed by atoms with Crippen LogP contribution in [0.1, 0.15) is 1.37 Å². The van der Waals surface area contributed by atoms with E-state index in [1.807, 2.05) is 0 Å². The molecular weight excluding hydrogens is 143 g/mol. The van der Waals surface area contributed by atoms with E-state index in [1.165, 1.54) is 6.07 Å². The second-order valence-corrected chi connectivity index (χ2v) is 2.15. The normalized spacial score (nSPS) is 11.0. The maximum Gasteiger partial charge on any atom is 0.0623 e. The van der Waals surface area contributed by atoms with E-state index in [9.17, 15) is 0 Å². The fourth-order valence-corrected chi connectivity index (χ4v) is 0.635. The van der Waals surface area contributed by atoms with E-state index in [0.717, 1.165) is 0 Å². The molecule has 0 nitrogen and oxygen atoms in total. The van der Waals surface area contributed by atoms with Gasteiger partial charge in [0.25, 0.3) is 0 Å². The molecule has 0 atom stereocenters. The number of benzene rings is 1. The molecule has 0 fully saturated rings. The average molecular weight is 148 g/mol. The smallest absolute Gasteiger partial charge is 0.0623 e. The minimum absolute atomic E-state index is 0.379. The van der Waals surface area contributed by atoms with Crippen molar-refractivity contribution in [3.8, 4) is 0 Å². The fraction of sp³-hybridized carbons (Fsp3) is 0. The lowest BCUT2D eigenvalue weighted by Gasteiger charge is -1.88. The summed E-state index contributed by atoms with van der Waals surface area (Å²) >= 11 is 11.1. The van der Waals surface area contributed by atoms with Crippen LogP contribution in [0.25, 0.3) is 0 Å². The summed E-state index contributed by atoms with van der Waals surface area (Å²) in [6, 6.07) is 5.08. The number of halogens is 2. The van der Waals surface area contributed by atoms with E-state index >= 15 is 0 Å². The van der Waals surface area contributed by atoms with Crippen molar-refractivity contribution in [2.75, 3.05) is 0 Å². The Hall–Kier alpha value is -0.200. The van der Waals surface area contributed by atoms with Crippen LogP contribution in [0.2, 0.25) is 10.0 Å². The Morgan fingerprint density at radius 2 is 1.88 bits per heavy atom. The van der Waals surface area contributed by atoms with Crippen LogP contribution in [-0.2, 0) is 0 Å². The molecule has 0 radical (unpaired) electrons. The lowest BCUT2D eigenvalue weighted by atomic mass is 10.4. The third-order valence-electron chi connectivity index (χ3n) is 0.764. The minimum Gasteiger partial charge on any atom is -0.0827 e. The SMILES string of the molecule is [2H]c1ccc(Cl)c(Cl)c1. The van der Waals surface area contributed by atoms with Crippen LogP contribution in [0.5, 0.6) is 0 Å². The molecule has 0 saturated carbocycles. The summed E-state index contributed by atoms with van der Waals surface area (Å²) < 4.78 is 7.09. The number of hydrogen-bond acceptors (Lipinski definition) is 0. The lowest BCUT2D eigenvalue weighted by Crippen LogP contribution is -1.62. The summed E-state index contributed by atoms with van der Waals surface area (Å²) in [5.41, 5.74) is 0. The molecule has 42 valence electrons. The summed E-state index contributed by atoms with van der Waals surface area (Å²) in [5, 5.41) is 0.928. The van der Waals surface area contributed by atoms with Crippen LogP contribution in [-0.4, -0.2) is 0 Å². The van der Waals surface area contributed by atoms with E-state index < -0.39 is 0 Å². The van der Waals surface area contributed by atoms with Gasteiger partial charge in [-0.05, 0) is 12.1 Å². The molecule has 0 spiro atoms. The Kier molecular flexibility index (Phi) is 1.39. The molecule has 0 unspecified atom stereocenters. The molecule has 0 aliphatic carbocycles. The maximum atomic E-state index is 7.09. The van der Waals surface area contributed by atoms with Gasteiger partial charge in [0.15, 0.2) is 0 Å². The van der Waals surface area contributed by atoms with Crippen molar-refractivity contribution < 1.29 is 1.37 Å². The van der Waals surface area contributed by atoms with Crippen molar-refractivity contribution in [3.05, 3.63) is 34.3 Å². The molecule has 2 heteroatoms. The first-order valence-corrected chi connectivity index (χ1v) is 2.87. The summed E-state index contributed by atoms with van der Waals surface area (Å²) in [6.45, 7) is 0. The van der Waals surface area contributed by atoms with Crippen molar-refractivity contribution in [2.24, 2.45) is 0 Å². The Morgan fingerprint density at radius 1 is 1.25 bits per heavy atom. The van der Waals surface area contributed by atoms with E-state index in [-0.39, 0.29) is 0 Å². The van der Waals surface area contributed by atoms with Gasteiger partial charge in [0.1, 0.15) is 0 Å². The third-order valence-corrected chi connectivity index (χ3v) is 1.50. The van der Waals surface area contributed by atoms with Crippen LogP contribution >= 0.6 is 23.2 Å². The minimum atomic E-state index is 0.379. The lowest BCUT2D eigenvalue weighted by molar-refractivity contribution is 1.71. The Balaban J connectivity index is 3.17. The molecule has 1 rings (SSSR count). The first kappa shape index (κ1) is 4.66. The van der Waals surface area contributed by atoms with Gasteiger partial charge in [-0.25, -0.2) is 0 Å². The molecule has 0 aliphatic heterocycles. The van der Waals surface area contributed by atoms with Gasteiger partial charge in [-0.1, -0.05) is 35.3 Å². The maximum absolute atomic E-state index is 7.09. The van der Waals surface area contributed by atoms with Gasteiger partial charge in [0.2, 0.25) is 0 Å². The van der Waals surface area contributed by atoms with Gasteiger partial charge >= 0.3 is 0 Å². The molecule has 1 aromatic carbocycles. The molecule has 0 N–H and O–H groups in total. The average Bonchev–Trinajstić information content (AvgIpc) is 1.80. The van der Waals surface area contributed by atoms with Crippen LogP contribution < -0.4 is 0 Å². The van der Waals surface area contributed by atoms with Gasteiger partial charge in [0, 0.05) is 0 Å². The van der Waals surface area contributed by atoms with Crippen molar-refractivity contribution in [3.63, 3.8) is 0 Å². The molecule has 0 saturated heterocycles. The first-order valence-electron chi connectivity index (χ1n) is 2.62. The highest BCUT2D eigenvalue weighted by Crippen LogP contribution is 2.19. The molecule has 0 heterocycles. The van der Waals surface area contributed by atoms with Gasteiger partial charge in [0.05, 0.1) is 11.4 Å². The summed E-state index contributed by atoms with van der Waals surface area (Å²) in [7, 11) is 0. The van der Waals surface area contributed by atoms with Crippen molar-refractivity contribution in [2.45, 2.75) is 0 Å². The van der Waals surface area contributed by atoms with E-state index in [0.29, 0.717) is 16.1 Å². The second kappa shape index (κ2) is 2.38. The highest BCUT2D eigenvalue weighted by molar-refractivity contribution is 6.41. The van der Waals surface area contributed by atoms with Crippen LogP contribution in [0, 0.1) is 0 Å². The zero-order valence-electron chi connectivity index (χ0n) is 4.99. The van der Waals surface area contributed by atoms with Crippen LogP contribution in [0.4, 0.5) is 0 Å². The summed E-state index contributed by atoms with van der Waals surface area (Å²) in [4.78, 5) is 0. The second-order valence-electron chi connectivity index (χ2n) is 1.34. The van der Waals surface area contributed by atoms with E-state index in [4.69, 9.17) is 24.6 Å². The first-order chi connectivity index (χ1) is 4.20. The van der Waals surface area contributed by atoms with Crippen molar-refractivity contribution in [1.29, 1.82) is 0 Å². The highest BCUT2D eigenvalue weighted by Gasteiger charge is 1.89.